The van der Waals surface area contributed by atoms with Gasteiger partial charge < -0.3 is 20.1 Å². The van der Waals surface area contributed by atoms with Crippen molar-refractivity contribution in [1.82, 2.24) is 15.5 Å². The van der Waals surface area contributed by atoms with Crippen molar-refractivity contribution in [3.63, 3.8) is 0 Å². The van der Waals surface area contributed by atoms with Crippen molar-refractivity contribution in [1.29, 1.82) is 0 Å². The maximum absolute atomic E-state index is 12.7. The molecule has 0 aliphatic carbocycles. The van der Waals surface area contributed by atoms with Crippen molar-refractivity contribution in [3.05, 3.63) is 35.4 Å². The van der Waals surface area contributed by atoms with Gasteiger partial charge in [0.25, 0.3) is 0 Å². The average molecular weight is 443 g/mol. The van der Waals surface area contributed by atoms with Crippen LogP contribution in [0.2, 0.25) is 0 Å². The fraction of sp³-hybridized carbons (Fsp3) is 0.682. The second-order valence-electron chi connectivity index (χ2n) is 8.09. The average Bonchev–Trinajstić information content (AvgIpc) is 3.20. The first-order valence-corrected chi connectivity index (χ1v) is 11.0. The van der Waals surface area contributed by atoms with E-state index in [4.69, 9.17) is 9.47 Å². The van der Waals surface area contributed by atoms with Crippen LogP contribution in [0, 0.1) is 0 Å². The highest BCUT2D eigenvalue weighted by Gasteiger charge is 2.30. The molecule has 2 aliphatic rings. The summed E-state index contributed by atoms with van der Waals surface area (Å²) in [6.45, 7) is 5.45. The minimum atomic E-state index is -4.29. The van der Waals surface area contributed by atoms with E-state index in [1.807, 2.05) is 0 Å². The maximum Gasteiger partial charge on any atom is 0.416 e. The van der Waals surface area contributed by atoms with E-state index in [0.29, 0.717) is 12.6 Å². The van der Waals surface area contributed by atoms with Crippen molar-refractivity contribution in [2.75, 3.05) is 46.5 Å². The number of benzene rings is 1. The van der Waals surface area contributed by atoms with Crippen LogP contribution in [0.25, 0.3) is 0 Å². The lowest BCUT2D eigenvalue weighted by Gasteiger charge is -2.22. The SMILES string of the molecule is CN=C(NCCCOC1CCOCC1)NC1CCN(Cc2ccc(C(F)(F)F)cc2)C1. The quantitative estimate of drug-likeness (QED) is 0.368. The highest BCUT2D eigenvalue weighted by molar-refractivity contribution is 5.79. The number of alkyl halides is 3. The molecule has 2 fully saturated rings. The summed E-state index contributed by atoms with van der Waals surface area (Å²) in [5.74, 6) is 0.771. The zero-order valence-electron chi connectivity index (χ0n) is 18.1. The van der Waals surface area contributed by atoms with Gasteiger partial charge in [-0.15, -0.1) is 0 Å². The van der Waals surface area contributed by atoms with E-state index in [2.05, 4.69) is 20.5 Å². The van der Waals surface area contributed by atoms with Crippen molar-refractivity contribution in [2.45, 2.75) is 50.6 Å². The fourth-order valence-electron chi connectivity index (χ4n) is 3.91. The number of nitrogens with zero attached hydrogens (tertiary/aromatic N) is 2. The highest BCUT2D eigenvalue weighted by atomic mass is 19.4. The van der Waals surface area contributed by atoms with Crippen molar-refractivity contribution >= 4 is 5.96 Å². The Morgan fingerprint density at radius 1 is 1.19 bits per heavy atom. The number of hydrogen-bond acceptors (Lipinski definition) is 4. The number of halogens is 3. The molecule has 3 rings (SSSR count). The smallest absolute Gasteiger partial charge is 0.381 e. The minimum Gasteiger partial charge on any atom is -0.381 e. The van der Waals surface area contributed by atoms with Crippen molar-refractivity contribution in [2.24, 2.45) is 4.99 Å². The standard InChI is InChI=1S/C22H33F3N4O2/c1-26-21(27-10-2-12-31-20-8-13-30-14-9-20)28-19-7-11-29(16-19)15-17-3-5-18(6-4-17)22(23,24)25/h3-6,19-20H,2,7-16H2,1H3,(H2,26,27,28). The van der Waals surface area contributed by atoms with Crippen LogP contribution in [0.3, 0.4) is 0 Å². The van der Waals surface area contributed by atoms with Crippen LogP contribution < -0.4 is 10.6 Å². The normalized spacial score (nSPS) is 21.4. The second kappa shape index (κ2) is 11.7. The summed E-state index contributed by atoms with van der Waals surface area (Å²) in [5, 5.41) is 6.77. The van der Waals surface area contributed by atoms with Gasteiger partial charge in [0.2, 0.25) is 0 Å². The van der Waals surface area contributed by atoms with Gasteiger partial charge in [-0.3, -0.25) is 9.89 Å². The molecule has 2 aliphatic heterocycles. The number of nitrogens with one attached hydrogen (secondary N) is 2. The Kier molecular flexibility index (Phi) is 8.98. The molecule has 0 spiro atoms. The van der Waals surface area contributed by atoms with Gasteiger partial charge in [0, 0.05) is 59.1 Å². The second-order valence-corrected chi connectivity index (χ2v) is 8.09. The molecule has 9 heteroatoms. The number of rotatable bonds is 8. The number of guanidine groups is 1. The molecule has 0 bridgehead atoms. The summed E-state index contributed by atoms with van der Waals surface area (Å²) >= 11 is 0. The molecule has 0 aromatic heterocycles. The van der Waals surface area contributed by atoms with Gasteiger partial charge in [0.15, 0.2) is 5.96 Å². The molecule has 174 valence electrons. The van der Waals surface area contributed by atoms with Crippen LogP contribution in [0.1, 0.15) is 36.8 Å². The lowest BCUT2D eigenvalue weighted by atomic mass is 10.1. The molecule has 1 aromatic rings. The van der Waals surface area contributed by atoms with Gasteiger partial charge in [0.05, 0.1) is 11.7 Å². The molecule has 0 saturated carbocycles. The Balaban J connectivity index is 1.32. The summed E-state index contributed by atoms with van der Waals surface area (Å²) < 4.78 is 49.3. The summed E-state index contributed by atoms with van der Waals surface area (Å²) in [4.78, 5) is 6.54. The van der Waals surface area contributed by atoms with Crippen LogP contribution >= 0.6 is 0 Å². The molecule has 2 N–H and O–H groups in total. The summed E-state index contributed by atoms with van der Waals surface area (Å²) in [5.41, 5.74) is 0.283. The molecule has 1 atom stereocenters. The molecule has 2 saturated heterocycles. The third kappa shape index (κ3) is 7.97. The van der Waals surface area contributed by atoms with Gasteiger partial charge in [-0.25, -0.2) is 0 Å². The molecule has 1 aromatic carbocycles. The first-order chi connectivity index (χ1) is 14.9. The topological polar surface area (TPSA) is 58.1 Å². The third-order valence-corrected chi connectivity index (χ3v) is 5.66. The predicted molar refractivity (Wildman–Crippen MR) is 114 cm³/mol. The van der Waals surface area contributed by atoms with Gasteiger partial charge in [-0.05, 0) is 43.4 Å². The molecule has 6 nitrogen and oxygen atoms in total. The third-order valence-electron chi connectivity index (χ3n) is 5.66. The summed E-state index contributed by atoms with van der Waals surface area (Å²) in [6, 6.07) is 5.69. The first kappa shape index (κ1) is 23.8. The number of ether oxygens (including phenoxy) is 2. The van der Waals surface area contributed by atoms with E-state index < -0.39 is 11.7 Å². The van der Waals surface area contributed by atoms with Crippen molar-refractivity contribution in [3.8, 4) is 0 Å². The molecule has 0 radical (unpaired) electrons. The fourth-order valence-corrected chi connectivity index (χ4v) is 3.91. The van der Waals surface area contributed by atoms with Crippen LogP contribution in [-0.2, 0) is 22.2 Å². The zero-order chi connectivity index (χ0) is 22.1. The van der Waals surface area contributed by atoms with Gasteiger partial charge in [0.1, 0.15) is 0 Å². The molecule has 2 heterocycles. The lowest BCUT2D eigenvalue weighted by molar-refractivity contribution is -0.137. The van der Waals surface area contributed by atoms with Crippen LogP contribution in [0.15, 0.2) is 29.3 Å². The highest BCUT2D eigenvalue weighted by Crippen LogP contribution is 2.29. The Bertz CT molecular complexity index is 691. The Morgan fingerprint density at radius 3 is 2.61 bits per heavy atom. The van der Waals surface area contributed by atoms with E-state index in [0.717, 1.165) is 88.8 Å². The Labute approximate surface area is 182 Å². The monoisotopic (exact) mass is 442 g/mol. The van der Waals surface area contributed by atoms with Gasteiger partial charge >= 0.3 is 6.18 Å². The lowest BCUT2D eigenvalue weighted by Crippen LogP contribution is -2.45. The summed E-state index contributed by atoms with van der Waals surface area (Å²) in [6.07, 6.45) is -0.152. The number of hydrogen-bond donors (Lipinski definition) is 2. The van der Waals surface area contributed by atoms with Crippen LogP contribution in [0.5, 0.6) is 0 Å². The summed E-state index contributed by atoms with van der Waals surface area (Å²) in [7, 11) is 1.75. The molecule has 0 amide bonds. The van der Waals surface area contributed by atoms with E-state index in [-0.39, 0.29) is 6.04 Å². The van der Waals surface area contributed by atoms with Gasteiger partial charge in [-0.2, -0.15) is 13.2 Å². The molecular weight excluding hydrogens is 409 g/mol. The number of aliphatic imine (C=N–C) groups is 1. The molecular formula is C22H33F3N4O2. The van der Waals surface area contributed by atoms with E-state index in [9.17, 15) is 13.2 Å². The predicted octanol–water partition coefficient (Wildman–Crippen LogP) is 3.03. The van der Waals surface area contributed by atoms with E-state index in [1.165, 1.54) is 0 Å². The zero-order valence-corrected chi connectivity index (χ0v) is 18.1. The van der Waals surface area contributed by atoms with Crippen molar-refractivity contribution < 1.29 is 22.6 Å². The van der Waals surface area contributed by atoms with E-state index in [1.54, 1.807) is 19.2 Å². The Hall–Kier alpha value is -1.84. The first-order valence-electron chi connectivity index (χ1n) is 11.0. The van der Waals surface area contributed by atoms with Crippen LogP contribution in [-0.4, -0.2) is 69.5 Å². The van der Waals surface area contributed by atoms with Crippen LogP contribution in [0.4, 0.5) is 13.2 Å². The number of likely N-dealkylation sites (tertiary alicyclic amines) is 1. The van der Waals surface area contributed by atoms with E-state index >= 15 is 0 Å². The maximum atomic E-state index is 12.7. The Morgan fingerprint density at radius 2 is 1.94 bits per heavy atom. The molecule has 31 heavy (non-hydrogen) atoms. The largest absolute Gasteiger partial charge is 0.416 e. The molecule has 1 unspecified atom stereocenters. The van der Waals surface area contributed by atoms with Gasteiger partial charge in [-0.1, -0.05) is 12.1 Å². The minimum absolute atomic E-state index is 0.263.